The van der Waals surface area contributed by atoms with Crippen LogP contribution in [0.1, 0.15) is 21.5 Å². The van der Waals surface area contributed by atoms with Gasteiger partial charge in [0.05, 0.1) is 15.2 Å². The Morgan fingerprint density at radius 3 is 2.89 bits per heavy atom. The summed E-state index contributed by atoms with van der Waals surface area (Å²) in [4.78, 5) is 0.196. The molecule has 0 aliphatic carbocycles. The molecule has 1 aromatic heterocycles. The Morgan fingerprint density at radius 1 is 1.33 bits per heavy atom. The average molecular weight is 500 g/mol. The first-order valence-corrected chi connectivity index (χ1v) is 9.15. The molecule has 0 bridgehead atoms. The van der Waals surface area contributed by atoms with Crippen LogP contribution in [0.2, 0.25) is 0 Å². The highest BCUT2D eigenvalue weighted by Gasteiger charge is 2.23. The van der Waals surface area contributed by atoms with Crippen molar-refractivity contribution < 1.29 is 4.74 Å². The largest absolute Gasteiger partial charge is 0.493 e. The second-order valence-electron chi connectivity index (χ2n) is 4.13. The number of alkyl halides is 1. The number of halogens is 3. The van der Waals surface area contributed by atoms with E-state index in [-0.39, 0.29) is 4.83 Å². The Balaban J connectivity index is 2.06. The van der Waals surface area contributed by atoms with Crippen LogP contribution in [0.25, 0.3) is 0 Å². The van der Waals surface area contributed by atoms with Crippen molar-refractivity contribution in [2.45, 2.75) is 11.2 Å². The molecule has 0 radical (unpaired) electrons. The van der Waals surface area contributed by atoms with Crippen LogP contribution in [0.3, 0.4) is 0 Å². The quantitative estimate of drug-likeness (QED) is 0.390. The van der Waals surface area contributed by atoms with Crippen molar-refractivity contribution in [2.75, 3.05) is 6.61 Å². The van der Waals surface area contributed by atoms with Crippen molar-refractivity contribution in [1.82, 2.24) is 0 Å². The number of benzene rings is 1. The van der Waals surface area contributed by atoms with E-state index in [1.54, 1.807) is 11.3 Å². The number of ether oxygens (including phenoxy) is 1. The third-order valence-electron chi connectivity index (χ3n) is 2.93. The topological polar surface area (TPSA) is 9.23 Å². The molecule has 3 rings (SSSR count). The van der Waals surface area contributed by atoms with Crippen LogP contribution in [-0.4, -0.2) is 6.61 Å². The molecular weight excluding hydrogens is 491 g/mol. The monoisotopic (exact) mass is 498 g/mol. The molecule has 0 fully saturated rings. The summed E-state index contributed by atoms with van der Waals surface area (Å²) in [6, 6.07) is 6.58. The zero-order chi connectivity index (χ0) is 12.7. The smallest absolute Gasteiger partial charge is 0.127 e. The van der Waals surface area contributed by atoms with E-state index < -0.39 is 0 Å². The molecule has 1 aliphatic rings. The minimum absolute atomic E-state index is 0.196. The molecule has 5 heteroatoms. The van der Waals surface area contributed by atoms with E-state index in [4.69, 9.17) is 4.74 Å². The Bertz CT molecular complexity index is 597. The SMILES string of the molecule is Brc1cc(C(Br)c2cc(I)cc3c2OCC3)cs1. The van der Waals surface area contributed by atoms with Crippen molar-refractivity contribution in [3.63, 3.8) is 0 Å². The fourth-order valence-corrected chi connectivity index (χ4v) is 4.81. The van der Waals surface area contributed by atoms with Crippen LogP contribution in [0, 0.1) is 3.57 Å². The molecule has 1 aliphatic heterocycles. The Morgan fingerprint density at radius 2 is 2.17 bits per heavy atom. The summed E-state index contributed by atoms with van der Waals surface area (Å²) in [5.74, 6) is 1.07. The third-order valence-corrected chi connectivity index (χ3v) is 6.10. The van der Waals surface area contributed by atoms with Crippen LogP contribution in [0.4, 0.5) is 0 Å². The lowest BCUT2D eigenvalue weighted by molar-refractivity contribution is 0.354. The van der Waals surface area contributed by atoms with Gasteiger partial charge in [-0.1, -0.05) is 15.9 Å². The molecule has 0 spiro atoms. The zero-order valence-electron chi connectivity index (χ0n) is 9.25. The summed E-state index contributed by atoms with van der Waals surface area (Å²) in [6.45, 7) is 0.801. The molecule has 0 N–H and O–H groups in total. The van der Waals surface area contributed by atoms with Gasteiger partial charge >= 0.3 is 0 Å². The van der Waals surface area contributed by atoms with Crippen molar-refractivity contribution >= 4 is 65.8 Å². The van der Waals surface area contributed by atoms with Gasteiger partial charge in [-0.3, -0.25) is 0 Å². The Hall–Kier alpha value is 0.410. The molecule has 1 aromatic carbocycles. The molecule has 0 saturated carbocycles. The van der Waals surface area contributed by atoms with E-state index in [0.717, 1.165) is 22.6 Å². The fraction of sp³-hybridized carbons (Fsp3) is 0.231. The lowest BCUT2D eigenvalue weighted by Gasteiger charge is -2.14. The number of hydrogen-bond donors (Lipinski definition) is 0. The van der Waals surface area contributed by atoms with E-state index in [1.165, 1.54) is 20.3 Å². The fourth-order valence-electron chi connectivity index (χ4n) is 2.12. The standard InChI is InChI=1S/C13H9Br2IOS/c14-11-4-8(6-18-11)12(15)10-5-9(16)3-7-1-2-17-13(7)10/h3-6,12H,1-2H2. The van der Waals surface area contributed by atoms with E-state index in [0.29, 0.717) is 0 Å². The van der Waals surface area contributed by atoms with Gasteiger partial charge in [-0.05, 0) is 73.2 Å². The van der Waals surface area contributed by atoms with Gasteiger partial charge in [0, 0.05) is 15.6 Å². The highest BCUT2D eigenvalue weighted by molar-refractivity contribution is 14.1. The first-order chi connectivity index (χ1) is 8.65. The maximum atomic E-state index is 5.79. The van der Waals surface area contributed by atoms with Gasteiger partial charge < -0.3 is 4.74 Å². The summed E-state index contributed by atoms with van der Waals surface area (Å²) >= 11 is 11.4. The molecular formula is C13H9Br2IOS. The van der Waals surface area contributed by atoms with Crippen molar-refractivity contribution in [3.05, 3.63) is 47.6 Å². The molecule has 1 nitrogen and oxygen atoms in total. The zero-order valence-corrected chi connectivity index (χ0v) is 15.4. The lowest BCUT2D eigenvalue weighted by Crippen LogP contribution is -1.96. The molecule has 1 atom stereocenters. The van der Waals surface area contributed by atoms with Crippen LogP contribution >= 0.6 is 65.8 Å². The average Bonchev–Trinajstić information content (AvgIpc) is 2.95. The number of thiophene rings is 1. The molecule has 94 valence electrons. The first-order valence-electron chi connectivity index (χ1n) is 5.48. The summed E-state index contributed by atoms with van der Waals surface area (Å²) in [5.41, 5.74) is 3.84. The first kappa shape index (κ1) is 13.4. The van der Waals surface area contributed by atoms with Gasteiger partial charge in [-0.15, -0.1) is 11.3 Å². The molecule has 1 unspecified atom stereocenters. The minimum atomic E-state index is 0.196. The summed E-state index contributed by atoms with van der Waals surface area (Å²) in [6.07, 6.45) is 1.02. The van der Waals surface area contributed by atoms with Crippen LogP contribution in [0.15, 0.2) is 27.4 Å². The maximum absolute atomic E-state index is 5.79. The lowest BCUT2D eigenvalue weighted by atomic mass is 10.0. The van der Waals surface area contributed by atoms with Crippen LogP contribution in [-0.2, 0) is 6.42 Å². The predicted octanol–water partition coefficient (Wildman–Crippen LogP) is 5.53. The minimum Gasteiger partial charge on any atom is -0.493 e. The van der Waals surface area contributed by atoms with Crippen molar-refractivity contribution in [1.29, 1.82) is 0 Å². The summed E-state index contributed by atoms with van der Waals surface area (Å²) in [7, 11) is 0. The number of hydrogen-bond acceptors (Lipinski definition) is 2. The third kappa shape index (κ3) is 2.51. The van der Waals surface area contributed by atoms with E-state index in [9.17, 15) is 0 Å². The summed E-state index contributed by atoms with van der Waals surface area (Å²) < 4.78 is 8.22. The Labute approximate surface area is 140 Å². The van der Waals surface area contributed by atoms with Crippen LogP contribution in [0.5, 0.6) is 5.75 Å². The second-order valence-corrected chi connectivity index (χ2v) is 8.58. The van der Waals surface area contributed by atoms with Gasteiger partial charge in [-0.25, -0.2) is 0 Å². The Kier molecular flexibility index (Phi) is 4.03. The molecule has 0 amide bonds. The van der Waals surface area contributed by atoms with E-state index >= 15 is 0 Å². The highest BCUT2D eigenvalue weighted by atomic mass is 127. The number of fused-ring (bicyclic) bond motifs is 1. The van der Waals surface area contributed by atoms with Gasteiger partial charge in [0.2, 0.25) is 0 Å². The van der Waals surface area contributed by atoms with Crippen molar-refractivity contribution in [3.8, 4) is 5.75 Å². The molecule has 2 aromatic rings. The van der Waals surface area contributed by atoms with E-state index in [2.05, 4.69) is 78.0 Å². The van der Waals surface area contributed by atoms with Gasteiger partial charge in [0.25, 0.3) is 0 Å². The van der Waals surface area contributed by atoms with Gasteiger partial charge in [-0.2, -0.15) is 0 Å². The molecule has 0 saturated heterocycles. The number of rotatable bonds is 2. The normalized spacial score (nSPS) is 15.3. The second kappa shape index (κ2) is 5.42. The highest BCUT2D eigenvalue weighted by Crippen LogP contribution is 2.43. The maximum Gasteiger partial charge on any atom is 0.127 e. The molecule has 2 heterocycles. The van der Waals surface area contributed by atoms with Crippen molar-refractivity contribution in [2.24, 2.45) is 0 Å². The van der Waals surface area contributed by atoms with Crippen LogP contribution < -0.4 is 4.74 Å². The van der Waals surface area contributed by atoms with Gasteiger partial charge in [0.15, 0.2) is 0 Å². The predicted molar refractivity (Wildman–Crippen MR) is 91.1 cm³/mol. The van der Waals surface area contributed by atoms with Gasteiger partial charge in [0.1, 0.15) is 5.75 Å². The summed E-state index contributed by atoms with van der Waals surface area (Å²) in [5, 5.41) is 2.17. The molecule has 18 heavy (non-hydrogen) atoms. The van der Waals surface area contributed by atoms with E-state index in [1.807, 2.05) is 0 Å².